The summed E-state index contributed by atoms with van der Waals surface area (Å²) >= 11 is 5.90. The number of anilines is 1. The molecule has 6 heteroatoms. The second-order valence-electron chi connectivity index (χ2n) is 4.35. The summed E-state index contributed by atoms with van der Waals surface area (Å²) in [6, 6.07) is 3.72. The average Bonchev–Trinajstić information content (AvgIpc) is 2.68. The zero-order valence-electron chi connectivity index (χ0n) is 10.3. The third kappa shape index (κ3) is 2.13. The molecule has 0 spiro atoms. The predicted molar refractivity (Wildman–Crippen MR) is 75.0 cm³/mol. The van der Waals surface area contributed by atoms with Crippen molar-refractivity contribution in [3.63, 3.8) is 0 Å². The van der Waals surface area contributed by atoms with E-state index < -0.39 is 0 Å². The summed E-state index contributed by atoms with van der Waals surface area (Å²) in [4.78, 5) is 12.7. The fourth-order valence-electron chi connectivity index (χ4n) is 1.99. The van der Waals surface area contributed by atoms with E-state index in [9.17, 15) is 0 Å². The lowest BCUT2D eigenvalue weighted by molar-refractivity contribution is 0.817. The second kappa shape index (κ2) is 4.51. The number of aromatic nitrogens is 4. The van der Waals surface area contributed by atoms with Crippen molar-refractivity contribution < 1.29 is 0 Å². The number of halogens is 1. The maximum absolute atomic E-state index is 5.95. The van der Waals surface area contributed by atoms with Crippen molar-refractivity contribution >= 4 is 28.7 Å². The summed E-state index contributed by atoms with van der Waals surface area (Å²) in [5.41, 5.74) is 9.62. The molecule has 0 aliphatic rings. The smallest absolute Gasteiger partial charge is 0.202 e. The Hall–Kier alpha value is -2.14. The van der Waals surface area contributed by atoms with Gasteiger partial charge >= 0.3 is 0 Å². The van der Waals surface area contributed by atoms with Gasteiger partial charge in [-0.15, -0.1) is 0 Å². The van der Waals surface area contributed by atoms with E-state index >= 15 is 0 Å². The maximum Gasteiger partial charge on any atom is 0.202 e. The average molecular weight is 274 g/mol. The first-order valence-electron chi connectivity index (χ1n) is 5.82. The summed E-state index contributed by atoms with van der Waals surface area (Å²) in [5.74, 6) is 0.424. The molecule has 0 aliphatic carbocycles. The lowest BCUT2D eigenvalue weighted by atomic mass is 10.1. The van der Waals surface area contributed by atoms with Crippen LogP contribution in [0.15, 0.2) is 30.7 Å². The highest BCUT2D eigenvalue weighted by molar-refractivity contribution is 6.31. The van der Waals surface area contributed by atoms with Gasteiger partial charge in [-0.25, -0.2) is 9.97 Å². The topological polar surface area (TPSA) is 69.6 Å². The van der Waals surface area contributed by atoms with Gasteiger partial charge in [-0.3, -0.25) is 9.55 Å². The van der Waals surface area contributed by atoms with Crippen LogP contribution in [-0.2, 0) is 6.54 Å². The van der Waals surface area contributed by atoms with Crippen molar-refractivity contribution in [2.45, 2.75) is 13.5 Å². The van der Waals surface area contributed by atoms with Gasteiger partial charge in [0.15, 0.2) is 5.65 Å². The standard InChI is InChI=1S/C13H12ClN5/c1-8-2-3-16-5-9(8)7-19-12-11(18-13(19)15)4-10(14)6-17-12/h2-6H,7H2,1H3,(H2,15,18). The maximum atomic E-state index is 5.95. The molecule has 0 aromatic carbocycles. The Labute approximate surface area is 115 Å². The van der Waals surface area contributed by atoms with E-state index in [1.54, 1.807) is 18.5 Å². The van der Waals surface area contributed by atoms with Crippen LogP contribution in [0.5, 0.6) is 0 Å². The van der Waals surface area contributed by atoms with E-state index in [1.807, 2.05) is 23.8 Å². The molecular weight excluding hydrogens is 262 g/mol. The third-order valence-electron chi connectivity index (χ3n) is 3.06. The number of nitrogens with zero attached hydrogens (tertiary/aromatic N) is 4. The molecule has 0 bridgehead atoms. The van der Waals surface area contributed by atoms with Gasteiger partial charge in [-0.1, -0.05) is 11.6 Å². The Morgan fingerprint density at radius 1 is 1.37 bits per heavy atom. The van der Waals surface area contributed by atoms with E-state index in [1.165, 1.54) is 0 Å². The van der Waals surface area contributed by atoms with Crippen molar-refractivity contribution in [2.75, 3.05) is 5.73 Å². The number of fused-ring (bicyclic) bond motifs is 1. The van der Waals surface area contributed by atoms with Gasteiger partial charge in [0.05, 0.1) is 11.6 Å². The molecule has 0 saturated carbocycles. The SMILES string of the molecule is Cc1ccncc1Cn1c(N)nc2cc(Cl)cnc21. The Balaban J connectivity index is 2.10. The molecule has 3 rings (SSSR count). The Bertz CT molecular complexity index is 750. The van der Waals surface area contributed by atoms with Gasteiger partial charge in [-0.2, -0.15) is 0 Å². The zero-order chi connectivity index (χ0) is 13.4. The molecule has 0 fully saturated rings. The van der Waals surface area contributed by atoms with Gasteiger partial charge in [0.25, 0.3) is 0 Å². The minimum Gasteiger partial charge on any atom is -0.369 e. The number of imidazole rings is 1. The lowest BCUT2D eigenvalue weighted by Gasteiger charge is -2.08. The summed E-state index contributed by atoms with van der Waals surface area (Å²) in [7, 11) is 0. The number of hydrogen-bond acceptors (Lipinski definition) is 4. The lowest BCUT2D eigenvalue weighted by Crippen LogP contribution is -2.06. The van der Waals surface area contributed by atoms with Crippen LogP contribution >= 0.6 is 11.6 Å². The zero-order valence-corrected chi connectivity index (χ0v) is 11.1. The van der Waals surface area contributed by atoms with Crippen molar-refractivity contribution in [1.82, 2.24) is 19.5 Å². The van der Waals surface area contributed by atoms with Crippen molar-refractivity contribution in [1.29, 1.82) is 0 Å². The molecule has 3 aromatic rings. The highest BCUT2D eigenvalue weighted by Gasteiger charge is 2.11. The van der Waals surface area contributed by atoms with E-state index in [0.717, 1.165) is 16.8 Å². The number of rotatable bonds is 2. The van der Waals surface area contributed by atoms with Crippen LogP contribution in [0.4, 0.5) is 5.95 Å². The molecule has 3 heterocycles. The molecule has 19 heavy (non-hydrogen) atoms. The Kier molecular flexibility index (Phi) is 2.83. The van der Waals surface area contributed by atoms with Crippen LogP contribution in [0.3, 0.4) is 0 Å². The summed E-state index contributed by atoms with van der Waals surface area (Å²) < 4.78 is 1.86. The summed E-state index contributed by atoms with van der Waals surface area (Å²) in [6.07, 6.45) is 5.19. The van der Waals surface area contributed by atoms with Gasteiger partial charge < -0.3 is 5.73 Å². The summed E-state index contributed by atoms with van der Waals surface area (Å²) in [5, 5.41) is 0.551. The first-order chi connectivity index (χ1) is 9.15. The second-order valence-corrected chi connectivity index (χ2v) is 4.79. The fraction of sp³-hybridized carbons (Fsp3) is 0.154. The molecule has 0 aliphatic heterocycles. The van der Waals surface area contributed by atoms with Gasteiger partial charge in [0.2, 0.25) is 5.95 Å². The Morgan fingerprint density at radius 3 is 3.00 bits per heavy atom. The normalized spacial score (nSPS) is 11.1. The molecule has 0 atom stereocenters. The van der Waals surface area contributed by atoms with E-state index in [-0.39, 0.29) is 0 Å². The number of nitrogens with two attached hydrogens (primary N) is 1. The van der Waals surface area contributed by atoms with Crippen LogP contribution in [0.1, 0.15) is 11.1 Å². The number of pyridine rings is 2. The third-order valence-corrected chi connectivity index (χ3v) is 3.26. The van der Waals surface area contributed by atoms with Gasteiger partial charge in [0.1, 0.15) is 5.52 Å². The molecule has 3 aromatic heterocycles. The van der Waals surface area contributed by atoms with Crippen molar-refractivity contribution in [3.05, 3.63) is 46.9 Å². The molecule has 0 amide bonds. The highest BCUT2D eigenvalue weighted by atomic mass is 35.5. The number of hydrogen-bond donors (Lipinski definition) is 1. The summed E-state index contributed by atoms with van der Waals surface area (Å²) in [6.45, 7) is 2.63. The van der Waals surface area contributed by atoms with E-state index in [2.05, 4.69) is 15.0 Å². The quantitative estimate of drug-likeness (QED) is 0.778. The van der Waals surface area contributed by atoms with Crippen LogP contribution in [0.2, 0.25) is 5.02 Å². The minimum absolute atomic E-state index is 0.424. The van der Waals surface area contributed by atoms with Crippen LogP contribution in [-0.4, -0.2) is 19.5 Å². The van der Waals surface area contributed by atoms with Crippen LogP contribution < -0.4 is 5.73 Å². The fourth-order valence-corrected chi connectivity index (χ4v) is 2.14. The van der Waals surface area contributed by atoms with E-state index in [4.69, 9.17) is 17.3 Å². The molecule has 5 nitrogen and oxygen atoms in total. The molecule has 0 unspecified atom stereocenters. The first kappa shape index (κ1) is 11.9. The monoisotopic (exact) mass is 273 g/mol. The molecule has 0 radical (unpaired) electrons. The van der Waals surface area contributed by atoms with Crippen LogP contribution in [0, 0.1) is 6.92 Å². The van der Waals surface area contributed by atoms with Gasteiger partial charge in [0, 0.05) is 18.6 Å². The predicted octanol–water partition coefficient (Wildman–Crippen LogP) is 2.42. The highest BCUT2D eigenvalue weighted by Crippen LogP contribution is 2.21. The van der Waals surface area contributed by atoms with Gasteiger partial charge in [-0.05, 0) is 30.2 Å². The number of aryl methyl sites for hydroxylation is 1. The van der Waals surface area contributed by atoms with Crippen molar-refractivity contribution in [3.8, 4) is 0 Å². The largest absolute Gasteiger partial charge is 0.369 e. The van der Waals surface area contributed by atoms with E-state index in [0.29, 0.717) is 23.0 Å². The minimum atomic E-state index is 0.424. The van der Waals surface area contributed by atoms with Crippen molar-refractivity contribution in [2.24, 2.45) is 0 Å². The molecule has 2 N–H and O–H groups in total. The Morgan fingerprint density at radius 2 is 2.21 bits per heavy atom. The first-order valence-corrected chi connectivity index (χ1v) is 6.19. The van der Waals surface area contributed by atoms with Crippen LogP contribution in [0.25, 0.3) is 11.2 Å². The molecule has 0 saturated heterocycles. The molecular formula is C13H12ClN5. The number of nitrogen functional groups attached to an aromatic ring is 1. The molecule has 96 valence electrons.